The summed E-state index contributed by atoms with van der Waals surface area (Å²) in [7, 11) is 5.19. The van der Waals surface area contributed by atoms with Gasteiger partial charge in [0.25, 0.3) is 5.91 Å². The molecular weight excluding hydrogens is 578 g/mol. The lowest BCUT2D eigenvalue weighted by molar-refractivity contribution is -0.121. The zero-order chi connectivity index (χ0) is 30.9. The van der Waals surface area contributed by atoms with E-state index in [0.717, 1.165) is 0 Å². The van der Waals surface area contributed by atoms with Crippen LogP contribution in [0.25, 0.3) is 0 Å². The predicted octanol–water partition coefficient (Wildman–Crippen LogP) is 3.51. The van der Waals surface area contributed by atoms with Gasteiger partial charge in [-0.3, -0.25) is 9.59 Å². The fourth-order valence-electron chi connectivity index (χ4n) is 3.04. The molecule has 0 radical (unpaired) electrons. The number of nitrogens with one attached hydrogen (secondary N) is 3. The van der Waals surface area contributed by atoms with Gasteiger partial charge in [0.15, 0.2) is 0 Å². The first kappa shape index (κ1) is 38.0. The van der Waals surface area contributed by atoms with E-state index in [2.05, 4.69) is 48.6 Å². The molecule has 1 rings (SSSR count). The van der Waals surface area contributed by atoms with E-state index in [-0.39, 0.29) is 22.0 Å². The Kier molecular flexibility index (Phi) is 22.2. The Labute approximate surface area is 259 Å². The first-order chi connectivity index (χ1) is 20.2. The van der Waals surface area contributed by atoms with Gasteiger partial charge in [-0.25, -0.2) is 0 Å². The highest BCUT2D eigenvalue weighted by Crippen LogP contribution is 2.38. The summed E-state index contributed by atoms with van der Waals surface area (Å²) in [5.41, 5.74) is 0.334. The first-order valence-electron chi connectivity index (χ1n) is 14.3. The highest BCUT2D eigenvalue weighted by Gasteiger charge is 2.18. The van der Waals surface area contributed by atoms with Gasteiger partial charge >= 0.3 is 0 Å². The molecule has 1 aromatic rings. The lowest BCUT2D eigenvalue weighted by atomic mass is 10.2. The number of rotatable bonds is 24. The average molecular weight is 628 g/mol. The minimum atomic E-state index is -0.218. The maximum atomic E-state index is 12.3. The minimum absolute atomic E-state index is 0.0171. The quantitative estimate of drug-likeness (QED) is 0.0681. The Morgan fingerprint density at radius 2 is 1.71 bits per heavy atom. The van der Waals surface area contributed by atoms with E-state index in [9.17, 15) is 9.59 Å². The standard InChI is InChI=1S/C30H49N3O7S2/c1-6-7-16-36-18-15-32-27(34)12-9-17-37-19-20-38-21-22-39-28(41-42-30(2,3)4)24-40-26-11-8-10-25(23-26)29(35)33-14-13-31-5/h8,10-11,23,28,31H,9,12-22,24H2,1-5H3,(H,32,34)(H,33,35). The van der Waals surface area contributed by atoms with Crippen molar-refractivity contribution in [1.29, 1.82) is 0 Å². The molecule has 0 saturated carbocycles. The van der Waals surface area contributed by atoms with Crippen molar-refractivity contribution in [2.45, 2.75) is 50.7 Å². The van der Waals surface area contributed by atoms with E-state index >= 15 is 0 Å². The van der Waals surface area contributed by atoms with E-state index in [4.69, 9.17) is 23.7 Å². The molecule has 238 valence electrons. The molecule has 0 bridgehead atoms. The Balaban J connectivity index is 2.25. The molecule has 42 heavy (non-hydrogen) atoms. The monoisotopic (exact) mass is 627 g/mol. The van der Waals surface area contributed by atoms with Crippen molar-refractivity contribution in [2.75, 3.05) is 79.5 Å². The molecule has 0 aromatic heterocycles. The van der Waals surface area contributed by atoms with Crippen LogP contribution in [-0.4, -0.2) is 102 Å². The fraction of sp³-hybridized carbons (Fsp3) is 0.667. The number of hydrogen-bond acceptors (Lipinski definition) is 10. The maximum absolute atomic E-state index is 12.3. The zero-order valence-corrected chi connectivity index (χ0v) is 27.4. The summed E-state index contributed by atoms with van der Waals surface area (Å²) in [5.74, 6) is 6.02. The largest absolute Gasteiger partial charge is 0.490 e. The normalized spacial score (nSPS) is 11.8. The molecule has 0 saturated heterocycles. The smallest absolute Gasteiger partial charge is 0.251 e. The van der Waals surface area contributed by atoms with Gasteiger partial charge in [-0.05, 0) is 38.6 Å². The minimum Gasteiger partial charge on any atom is -0.490 e. The summed E-state index contributed by atoms with van der Waals surface area (Å²) in [4.78, 5) is 24.1. The average Bonchev–Trinajstić information content (AvgIpc) is 2.96. The number of amides is 2. The molecule has 0 aliphatic heterocycles. The van der Waals surface area contributed by atoms with Gasteiger partial charge in [-0.1, -0.05) is 54.3 Å². The highest BCUT2D eigenvalue weighted by atomic mass is 33.1. The Morgan fingerprint density at radius 1 is 0.952 bits per heavy atom. The van der Waals surface area contributed by atoms with E-state index in [0.29, 0.717) is 96.6 Å². The van der Waals surface area contributed by atoms with E-state index in [1.54, 1.807) is 40.6 Å². The third-order valence-electron chi connectivity index (χ3n) is 5.06. The summed E-state index contributed by atoms with van der Waals surface area (Å²) in [6.07, 6.45) is 1.05. The molecule has 0 spiro atoms. The molecule has 0 heterocycles. The predicted molar refractivity (Wildman–Crippen MR) is 171 cm³/mol. The SMILES string of the molecule is CC#CCOCCNC(=O)CCCOCCOCCOC(COc1cccc(C(=O)NCCNC)c1)SSC(C)(C)C. The van der Waals surface area contributed by atoms with Crippen LogP contribution in [0.5, 0.6) is 5.75 Å². The van der Waals surface area contributed by atoms with Crippen LogP contribution in [0.1, 0.15) is 50.9 Å². The molecule has 0 fully saturated rings. The third kappa shape index (κ3) is 21.7. The van der Waals surface area contributed by atoms with Gasteiger partial charge in [0.05, 0.1) is 33.0 Å². The molecule has 1 aromatic carbocycles. The lowest BCUT2D eigenvalue weighted by Gasteiger charge is -2.22. The molecule has 0 aliphatic rings. The van der Waals surface area contributed by atoms with Gasteiger partial charge in [0.2, 0.25) is 5.91 Å². The van der Waals surface area contributed by atoms with Crippen molar-refractivity contribution in [2.24, 2.45) is 0 Å². The Morgan fingerprint density at radius 3 is 2.45 bits per heavy atom. The van der Waals surface area contributed by atoms with Crippen LogP contribution < -0.4 is 20.7 Å². The maximum Gasteiger partial charge on any atom is 0.251 e. The summed E-state index contributed by atoms with van der Waals surface area (Å²) in [6, 6.07) is 7.14. The number of ether oxygens (including phenoxy) is 5. The molecule has 10 nitrogen and oxygen atoms in total. The number of hydrogen-bond donors (Lipinski definition) is 3. The van der Waals surface area contributed by atoms with Gasteiger partial charge in [-0.2, -0.15) is 0 Å². The van der Waals surface area contributed by atoms with Crippen LogP contribution in [0.15, 0.2) is 24.3 Å². The Bertz CT molecular complexity index is 935. The van der Waals surface area contributed by atoms with E-state index in [1.807, 2.05) is 19.2 Å². The molecule has 0 aliphatic carbocycles. The molecule has 3 N–H and O–H groups in total. The lowest BCUT2D eigenvalue weighted by Crippen LogP contribution is -2.30. The molecule has 12 heteroatoms. The van der Waals surface area contributed by atoms with Crippen LogP contribution in [0.2, 0.25) is 0 Å². The van der Waals surface area contributed by atoms with Crippen molar-refractivity contribution in [3.05, 3.63) is 29.8 Å². The van der Waals surface area contributed by atoms with Crippen molar-refractivity contribution < 1.29 is 33.3 Å². The first-order valence-corrected chi connectivity index (χ1v) is 16.5. The second kappa shape index (κ2) is 24.5. The van der Waals surface area contributed by atoms with Crippen LogP contribution in [0.3, 0.4) is 0 Å². The number of benzene rings is 1. The molecule has 2 amide bonds. The van der Waals surface area contributed by atoms with E-state index < -0.39 is 0 Å². The van der Waals surface area contributed by atoms with Crippen molar-refractivity contribution in [3.63, 3.8) is 0 Å². The van der Waals surface area contributed by atoms with Gasteiger partial charge in [0.1, 0.15) is 24.4 Å². The van der Waals surface area contributed by atoms with Gasteiger partial charge in [-0.15, -0.1) is 5.92 Å². The second-order valence-electron chi connectivity index (χ2n) is 9.95. The molecule has 1 unspecified atom stereocenters. The van der Waals surface area contributed by atoms with Crippen molar-refractivity contribution in [3.8, 4) is 17.6 Å². The Hall–Kier alpha value is -1.98. The van der Waals surface area contributed by atoms with Crippen LogP contribution >= 0.6 is 21.6 Å². The molecule has 1 atom stereocenters. The van der Waals surface area contributed by atoms with E-state index in [1.165, 1.54) is 0 Å². The fourth-order valence-corrected chi connectivity index (χ4v) is 5.23. The summed E-state index contributed by atoms with van der Waals surface area (Å²) in [6.45, 7) is 13.3. The van der Waals surface area contributed by atoms with Crippen LogP contribution in [-0.2, 0) is 23.7 Å². The van der Waals surface area contributed by atoms with Gasteiger partial charge in [0, 0.05) is 43.0 Å². The summed E-state index contributed by atoms with van der Waals surface area (Å²) >= 11 is 0. The second-order valence-corrected chi connectivity index (χ2v) is 13.1. The van der Waals surface area contributed by atoms with Crippen molar-refractivity contribution in [1.82, 2.24) is 16.0 Å². The zero-order valence-electron chi connectivity index (χ0n) is 25.8. The highest BCUT2D eigenvalue weighted by molar-refractivity contribution is 8.77. The third-order valence-corrected chi connectivity index (χ3v) is 8.58. The topological polar surface area (TPSA) is 116 Å². The summed E-state index contributed by atoms with van der Waals surface area (Å²) in [5, 5.41) is 8.68. The van der Waals surface area contributed by atoms with Crippen LogP contribution in [0, 0.1) is 11.8 Å². The number of likely N-dealkylation sites (N-methyl/N-ethyl adjacent to an activating group) is 1. The number of carbonyl (C=O) groups excluding carboxylic acids is 2. The van der Waals surface area contributed by atoms with Crippen LogP contribution in [0.4, 0.5) is 0 Å². The van der Waals surface area contributed by atoms with Crippen molar-refractivity contribution >= 4 is 33.4 Å². The number of carbonyl (C=O) groups is 2. The summed E-state index contributed by atoms with van der Waals surface area (Å²) < 4.78 is 28.5. The molecular formula is C30H49N3O7S2. The van der Waals surface area contributed by atoms with Gasteiger partial charge < -0.3 is 39.6 Å².